The number of rotatable bonds is 5. The maximum Gasteiger partial charge on any atom is 0.229 e. The summed E-state index contributed by atoms with van der Waals surface area (Å²) in [5.74, 6) is 0.0807. The number of pyridine rings is 1. The molecule has 1 amide bonds. The van der Waals surface area contributed by atoms with Crippen LogP contribution < -0.4 is 10.6 Å². The Morgan fingerprint density at radius 3 is 2.90 bits per heavy atom. The Morgan fingerprint density at radius 2 is 2.30 bits per heavy atom. The van der Waals surface area contributed by atoms with Crippen LogP contribution in [-0.4, -0.2) is 37.7 Å². The molecule has 1 aliphatic rings. The first-order valence-corrected chi connectivity index (χ1v) is 7.08. The van der Waals surface area contributed by atoms with Crippen LogP contribution in [0.3, 0.4) is 0 Å². The van der Waals surface area contributed by atoms with Crippen molar-refractivity contribution in [2.45, 2.75) is 25.8 Å². The van der Waals surface area contributed by atoms with Crippen molar-refractivity contribution in [3.63, 3.8) is 0 Å². The molecule has 1 aliphatic heterocycles. The lowest BCUT2D eigenvalue weighted by atomic mass is 9.78. The Hall–Kier alpha value is -1.46. The molecule has 0 spiro atoms. The summed E-state index contributed by atoms with van der Waals surface area (Å²) in [5, 5.41) is 6.40. The third kappa shape index (κ3) is 3.35. The molecule has 2 N–H and O–H groups in total. The molecule has 2 heterocycles. The molecule has 1 aromatic rings. The van der Waals surface area contributed by atoms with Gasteiger partial charge in [-0.15, -0.1) is 0 Å². The van der Waals surface area contributed by atoms with Crippen LogP contribution in [0.1, 0.15) is 31.4 Å². The molecule has 0 saturated carbocycles. The minimum atomic E-state index is -0.406. The molecule has 5 heteroatoms. The van der Waals surface area contributed by atoms with Crippen molar-refractivity contribution in [1.82, 2.24) is 15.6 Å². The van der Waals surface area contributed by atoms with Gasteiger partial charge in [0.25, 0.3) is 0 Å². The SMILES string of the molecule is COCC1(C(=O)N[C@H](C)c2cccnc2)CCNCC1. The molecule has 110 valence electrons. The number of carbonyl (C=O) groups is 1. The van der Waals surface area contributed by atoms with Crippen molar-refractivity contribution in [2.24, 2.45) is 5.41 Å². The van der Waals surface area contributed by atoms with E-state index in [1.54, 1.807) is 19.5 Å². The maximum atomic E-state index is 12.7. The number of hydrogen-bond donors (Lipinski definition) is 2. The monoisotopic (exact) mass is 277 g/mol. The van der Waals surface area contributed by atoms with E-state index >= 15 is 0 Å². The van der Waals surface area contributed by atoms with Crippen LogP contribution in [0.15, 0.2) is 24.5 Å². The Morgan fingerprint density at radius 1 is 1.55 bits per heavy atom. The van der Waals surface area contributed by atoms with Gasteiger partial charge in [-0.25, -0.2) is 0 Å². The van der Waals surface area contributed by atoms with Gasteiger partial charge in [-0.1, -0.05) is 6.07 Å². The van der Waals surface area contributed by atoms with Crippen LogP contribution in [0.4, 0.5) is 0 Å². The summed E-state index contributed by atoms with van der Waals surface area (Å²) in [6.45, 7) is 4.17. The van der Waals surface area contributed by atoms with Crippen LogP contribution in [0.2, 0.25) is 0 Å². The van der Waals surface area contributed by atoms with Gasteiger partial charge in [0.2, 0.25) is 5.91 Å². The van der Waals surface area contributed by atoms with Gasteiger partial charge in [0, 0.05) is 19.5 Å². The molecule has 1 fully saturated rings. The van der Waals surface area contributed by atoms with Crippen LogP contribution in [0, 0.1) is 5.41 Å². The number of nitrogens with one attached hydrogen (secondary N) is 2. The molecule has 1 atom stereocenters. The number of methoxy groups -OCH3 is 1. The van der Waals surface area contributed by atoms with Crippen LogP contribution in [0.25, 0.3) is 0 Å². The summed E-state index contributed by atoms with van der Waals surface area (Å²) in [5.41, 5.74) is 0.610. The fourth-order valence-corrected chi connectivity index (χ4v) is 2.68. The minimum absolute atomic E-state index is 0.0418. The molecule has 1 saturated heterocycles. The first-order chi connectivity index (χ1) is 9.68. The second-order valence-electron chi connectivity index (χ2n) is 5.44. The highest BCUT2D eigenvalue weighted by Gasteiger charge is 2.40. The van der Waals surface area contributed by atoms with E-state index in [4.69, 9.17) is 4.74 Å². The number of ether oxygens (including phenoxy) is 1. The zero-order valence-corrected chi connectivity index (χ0v) is 12.2. The number of carbonyl (C=O) groups excluding carboxylic acids is 1. The van der Waals surface area contributed by atoms with Crippen molar-refractivity contribution >= 4 is 5.91 Å². The van der Waals surface area contributed by atoms with Crippen LogP contribution in [0.5, 0.6) is 0 Å². The van der Waals surface area contributed by atoms with Crippen LogP contribution in [-0.2, 0) is 9.53 Å². The summed E-state index contributed by atoms with van der Waals surface area (Å²) in [6, 6.07) is 3.82. The van der Waals surface area contributed by atoms with E-state index in [9.17, 15) is 4.79 Å². The van der Waals surface area contributed by atoms with Gasteiger partial charge >= 0.3 is 0 Å². The average Bonchev–Trinajstić information content (AvgIpc) is 2.49. The third-order valence-corrected chi connectivity index (χ3v) is 3.99. The Kier molecular flexibility index (Phi) is 5.09. The van der Waals surface area contributed by atoms with Crippen molar-refractivity contribution in [1.29, 1.82) is 0 Å². The third-order valence-electron chi connectivity index (χ3n) is 3.99. The van der Waals surface area contributed by atoms with Gasteiger partial charge in [-0.3, -0.25) is 9.78 Å². The Labute approximate surface area is 120 Å². The topological polar surface area (TPSA) is 63.2 Å². The van der Waals surface area contributed by atoms with E-state index < -0.39 is 5.41 Å². The summed E-state index contributed by atoms with van der Waals surface area (Å²) in [4.78, 5) is 16.7. The van der Waals surface area contributed by atoms with Crippen molar-refractivity contribution in [3.8, 4) is 0 Å². The fraction of sp³-hybridized carbons (Fsp3) is 0.600. The summed E-state index contributed by atoms with van der Waals surface area (Å²) >= 11 is 0. The fourth-order valence-electron chi connectivity index (χ4n) is 2.68. The first kappa shape index (κ1) is 14.9. The highest BCUT2D eigenvalue weighted by atomic mass is 16.5. The first-order valence-electron chi connectivity index (χ1n) is 7.08. The standard InChI is InChI=1S/C15H23N3O2/c1-12(13-4-3-7-17-10-13)18-14(19)15(11-20-2)5-8-16-9-6-15/h3-4,7,10,12,16H,5-6,8-9,11H2,1-2H3,(H,18,19)/t12-/m1/s1. The molecule has 0 aliphatic carbocycles. The van der Waals surface area contributed by atoms with Gasteiger partial charge in [0.15, 0.2) is 0 Å². The van der Waals surface area contributed by atoms with E-state index in [0.29, 0.717) is 6.61 Å². The van der Waals surface area contributed by atoms with E-state index in [-0.39, 0.29) is 11.9 Å². The quantitative estimate of drug-likeness (QED) is 0.851. The van der Waals surface area contributed by atoms with Crippen molar-refractivity contribution in [2.75, 3.05) is 26.8 Å². The van der Waals surface area contributed by atoms with Gasteiger partial charge in [0.1, 0.15) is 0 Å². The summed E-state index contributed by atoms with van der Waals surface area (Å²) < 4.78 is 5.29. The number of aromatic nitrogens is 1. The van der Waals surface area contributed by atoms with E-state index in [1.165, 1.54) is 0 Å². The van der Waals surface area contributed by atoms with Gasteiger partial charge < -0.3 is 15.4 Å². The molecule has 0 unspecified atom stereocenters. The maximum absolute atomic E-state index is 12.7. The lowest BCUT2D eigenvalue weighted by Crippen LogP contribution is -2.50. The zero-order valence-electron chi connectivity index (χ0n) is 12.2. The van der Waals surface area contributed by atoms with Gasteiger partial charge in [-0.2, -0.15) is 0 Å². The molecule has 0 bridgehead atoms. The van der Waals surface area contributed by atoms with Crippen molar-refractivity contribution < 1.29 is 9.53 Å². The molecule has 1 aromatic heterocycles. The molecule has 20 heavy (non-hydrogen) atoms. The lowest BCUT2D eigenvalue weighted by molar-refractivity contribution is -0.136. The highest BCUT2D eigenvalue weighted by molar-refractivity contribution is 5.83. The normalized spacial score (nSPS) is 19.3. The summed E-state index contributed by atoms with van der Waals surface area (Å²) in [7, 11) is 1.65. The second kappa shape index (κ2) is 6.81. The number of nitrogens with zero attached hydrogens (tertiary/aromatic N) is 1. The Bertz CT molecular complexity index is 424. The Balaban J connectivity index is 2.05. The van der Waals surface area contributed by atoms with Gasteiger partial charge in [0.05, 0.1) is 18.1 Å². The van der Waals surface area contributed by atoms with E-state index in [1.807, 2.05) is 19.1 Å². The number of piperidine rings is 1. The predicted octanol–water partition coefficient (Wildman–Crippen LogP) is 1.27. The van der Waals surface area contributed by atoms with E-state index in [2.05, 4.69) is 15.6 Å². The molecule has 5 nitrogen and oxygen atoms in total. The molecular weight excluding hydrogens is 254 g/mol. The smallest absolute Gasteiger partial charge is 0.229 e. The predicted molar refractivity (Wildman–Crippen MR) is 77.2 cm³/mol. The zero-order chi connectivity index (χ0) is 14.4. The number of amides is 1. The number of hydrogen-bond acceptors (Lipinski definition) is 4. The molecule has 0 radical (unpaired) electrons. The van der Waals surface area contributed by atoms with Crippen LogP contribution >= 0.6 is 0 Å². The second-order valence-corrected chi connectivity index (χ2v) is 5.44. The summed E-state index contributed by atoms with van der Waals surface area (Å²) in [6.07, 6.45) is 5.15. The lowest BCUT2D eigenvalue weighted by Gasteiger charge is -2.36. The minimum Gasteiger partial charge on any atom is -0.384 e. The van der Waals surface area contributed by atoms with E-state index in [0.717, 1.165) is 31.5 Å². The largest absolute Gasteiger partial charge is 0.384 e. The van der Waals surface area contributed by atoms with Gasteiger partial charge in [-0.05, 0) is 44.5 Å². The average molecular weight is 277 g/mol. The van der Waals surface area contributed by atoms with Crippen molar-refractivity contribution in [3.05, 3.63) is 30.1 Å². The molecular formula is C15H23N3O2. The molecule has 2 rings (SSSR count). The highest BCUT2D eigenvalue weighted by Crippen LogP contribution is 2.30. The molecule has 0 aromatic carbocycles.